The molecule has 1 unspecified atom stereocenters. The van der Waals surface area contributed by atoms with Gasteiger partial charge in [-0.25, -0.2) is 14.4 Å². The maximum Gasteiger partial charge on any atom is 0.191 e. The lowest BCUT2D eigenvalue weighted by atomic mass is 9.98. The molecule has 1 saturated heterocycles. The third-order valence-corrected chi connectivity index (χ3v) is 7.81. The molecule has 35 heavy (non-hydrogen) atoms. The van der Waals surface area contributed by atoms with Gasteiger partial charge in [-0.05, 0) is 67.8 Å². The van der Waals surface area contributed by atoms with E-state index < -0.39 is 0 Å². The van der Waals surface area contributed by atoms with Crippen molar-refractivity contribution in [3.63, 3.8) is 0 Å². The summed E-state index contributed by atoms with van der Waals surface area (Å²) < 4.78 is 18.7. The second-order valence-electron chi connectivity index (χ2n) is 8.79. The van der Waals surface area contributed by atoms with E-state index in [2.05, 4.69) is 39.8 Å². The molecule has 0 spiro atoms. The minimum absolute atomic E-state index is 0.248. The number of piperidine rings is 1. The molecule has 10 heteroatoms. The molecule has 184 valence electrons. The molecule has 4 heterocycles. The first-order valence-corrected chi connectivity index (χ1v) is 14.0. The first-order valence-electron chi connectivity index (χ1n) is 11.9. The predicted octanol–water partition coefficient (Wildman–Crippen LogP) is 5.41. The van der Waals surface area contributed by atoms with Crippen molar-refractivity contribution < 1.29 is 4.39 Å². The van der Waals surface area contributed by atoms with Gasteiger partial charge < -0.3 is 9.80 Å². The van der Waals surface area contributed by atoms with Crippen LogP contribution in [0, 0.1) is 11.7 Å². The van der Waals surface area contributed by atoms with Crippen LogP contribution in [0.15, 0.2) is 41.8 Å². The molecule has 5 rings (SSSR count). The Morgan fingerprint density at radius 3 is 2.80 bits per heavy atom. The summed E-state index contributed by atoms with van der Waals surface area (Å²) in [6.07, 6.45) is 5.28. The average Bonchev–Trinajstić information content (AvgIpc) is 3.52. The fourth-order valence-corrected chi connectivity index (χ4v) is 5.81. The van der Waals surface area contributed by atoms with Gasteiger partial charge in [0, 0.05) is 37.6 Å². The highest BCUT2D eigenvalue weighted by Crippen LogP contribution is 2.34. The van der Waals surface area contributed by atoms with E-state index in [1.807, 2.05) is 16.9 Å². The number of imidazole rings is 1. The molecule has 1 fully saturated rings. The van der Waals surface area contributed by atoms with Crippen molar-refractivity contribution in [2.24, 2.45) is 5.92 Å². The minimum atomic E-state index is -0.248. The smallest absolute Gasteiger partial charge is 0.191 e. The summed E-state index contributed by atoms with van der Waals surface area (Å²) in [6.45, 7) is 5.14. The Balaban J connectivity index is 1.46. The van der Waals surface area contributed by atoms with Crippen LogP contribution in [-0.4, -0.2) is 52.5 Å². The monoisotopic (exact) mass is 511 g/mol. The van der Waals surface area contributed by atoms with Crippen molar-refractivity contribution >= 4 is 45.7 Å². The number of anilines is 3. The maximum atomic E-state index is 13.3. The predicted molar refractivity (Wildman–Crippen MR) is 144 cm³/mol. The Morgan fingerprint density at radius 2 is 2.03 bits per heavy atom. The number of thiazole rings is 1. The normalized spacial score (nSPS) is 16.2. The van der Waals surface area contributed by atoms with Crippen molar-refractivity contribution in [3.8, 4) is 11.3 Å². The Kier molecular flexibility index (Phi) is 7.22. The number of nitrogens with one attached hydrogen (secondary N) is 1. The second-order valence-corrected chi connectivity index (χ2v) is 10.3. The van der Waals surface area contributed by atoms with Crippen molar-refractivity contribution in [2.45, 2.75) is 26.2 Å². The lowest BCUT2D eigenvalue weighted by Crippen LogP contribution is -2.39. The second kappa shape index (κ2) is 10.5. The highest BCUT2D eigenvalue weighted by atomic mass is 32.2. The van der Waals surface area contributed by atoms with Crippen molar-refractivity contribution in [1.29, 1.82) is 0 Å². The zero-order chi connectivity index (χ0) is 24.4. The highest BCUT2D eigenvalue weighted by molar-refractivity contribution is 7.96. The minimum Gasteiger partial charge on any atom is -0.355 e. The van der Waals surface area contributed by atoms with Crippen molar-refractivity contribution in [2.75, 3.05) is 42.7 Å². The molecule has 7 nitrogen and oxygen atoms in total. The van der Waals surface area contributed by atoms with Crippen molar-refractivity contribution in [3.05, 3.63) is 53.3 Å². The first kappa shape index (κ1) is 24.0. The molecular formula is C25H30FN7S2. The van der Waals surface area contributed by atoms with E-state index in [1.54, 1.807) is 35.4 Å². The zero-order valence-corrected chi connectivity index (χ0v) is 21.9. The van der Waals surface area contributed by atoms with Crippen molar-refractivity contribution in [1.82, 2.24) is 24.3 Å². The van der Waals surface area contributed by atoms with Crippen LogP contribution in [0.25, 0.3) is 16.9 Å². The Labute approximate surface area is 213 Å². The van der Waals surface area contributed by atoms with Gasteiger partial charge in [0.2, 0.25) is 0 Å². The molecule has 0 bridgehead atoms. The molecular weight excluding hydrogens is 481 g/mol. The Hall–Kier alpha value is -2.69. The standard InChI is InChI=1S/C25H30FN7S2/c1-4-20-24(31(2)25-29-21(16-35-25)18-7-9-19(26)10-8-18)33-22(28-20)11-12-23(30-33)32-13-5-6-17(15-32)14-27-34-3/h7-12,16-17,27H,4-6,13-15H2,1-3H3. The molecule has 1 atom stereocenters. The number of rotatable bonds is 8. The van der Waals surface area contributed by atoms with Crippen LogP contribution in [0.4, 0.5) is 21.2 Å². The molecule has 1 aliphatic heterocycles. The van der Waals surface area contributed by atoms with E-state index in [0.717, 1.165) is 65.4 Å². The molecule has 1 aliphatic rings. The largest absolute Gasteiger partial charge is 0.355 e. The fourth-order valence-electron chi connectivity index (χ4n) is 4.60. The summed E-state index contributed by atoms with van der Waals surface area (Å²) in [5, 5.41) is 7.90. The van der Waals surface area contributed by atoms with Gasteiger partial charge in [0.1, 0.15) is 11.6 Å². The number of halogens is 1. The van der Waals surface area contributed by atoms with Gasteiger partial charge in [0.05, 0.1) is 11.4 Å². The molecule has 0 saturated carbocycles. The number of aromatic nitrogens is 4. The van der Waals surface area contributed by atoms with Gasteiger partial charge in [-0.1, -0.05) is 18.9 Å². The topological polar surface area (TPSA) is 61.6 Å². The van der Waals surface area contributed by atoms with Gasteiger partial charge in [-0.2, -0.15) is 4.52 Å². The van der Waals surface area contributed by atoms with E-state index in [1.165, 1.54) is 25.0 Å². The fraction of sp³-hybridized carbons (Fsp3) is 0.400. The number of hydrogen-bond acceptors (Lipinski definition) is 8. The number of nitrogens with zero attached hydrogens (tertiary/aromatic N) is 6. The molecule has 0 radical (unpaired) electrons. The lowest BCUT2D eigenvalue weighted by molar-refractivity contribution is 0.413. The zero-order valence-electron chi connectivity index (χ0n) is 20.2. The third kappa shape index (κ3) is 5.00. The SMILES string of the molecule is CCc1nc2ccc(N3CCCC(CNSC)C3)nn2c1N(C)c1nc(-c2ccc(F)cc2)cs1. The van der Waals surface area contributed by atoms with E-state index >= 15 is 0 Å². The summed E-state index contributed by atoms with van der Waals surface area (Å²) >= 11 is 3.24. The molecule has 3 aromatic heterocycles. The average molecular weight is 512 g/mol. The van der Waals surface area contributed by atoms with Crippen LogP contribution < -0.4 is 14.5 Å². The van der Waals surface area contributed by atoms with Crippen LogP contribution in [-0.2, 0) is 6.42 Å². The number of benzene rings is 1. The Bertz CT molecular complexity index is 1290. The van der Waals surface area contributed by atoms with E-state index in [4.69, 9.17) is 15.1 Å². The maximum absolute atomic E-state index is 13.3. The van der Waals surface area contributed by atoms with Crippen LogP contribution in [0.5, 0.6) is 0 Å². The van der Waals surface area contributed by atoms with E-state index in [9.17, 15) is 4.39 Å². The quantitative estimate of drug-likeness (QED) is 0.318. The van der Waals surface area contributed by atoms with Crippen LogP contribution >= 0.6 is 23.3 Å². The molecule has 0 aliphatic carbocycles. The van der Waals surface area contributed by atoms with Crippen LogP contribution in [0.1, 0.15) is 25.5 Å². The molecule has 4 aromatic rings. The van der Waals surface area contributed by atoms with E-state index in [-0.39, 0.29) is 5.82 Å². The molecule has 0 amide bonds. The first-order chi connectivity index (χ1) is 17.1. The number of aryl methyl sites for hydroxylation is 1. The Morgan fingerprint density at radius 1 is 1.20 bits per heavy atom. The lowest BCUT2D eigenvalue weighted by Gasteiger charge is -2.33. The summed E-state index contributed by atoms with van der Waals surface area (Å²) in [4.78, 5) is 14.1. The molecule has 1 aromatic carbocycles. The highest BCUT2D eigenvalue weighted by Gasteiger charge is 2.24. The van der Waals surface area contributed by atoms with Crippen LogP contribution in [0.2, 0.25) is 0 Å². The van der Waals surface area contributed by atoms with Gasteiger partial charge in [-0.3, -0.25) is 4.72 Å². The van der Waals surface area contributed by atoms with Gasteiger partial charge in [0.25, 0.3) is 0 Å². The third-order valence-electron chi connectivity index (χ3n) is 6.44. The summed E-state index contributed by atoms with van der Waals surface area (Å²) in [6, 6.07) is 10.6. The molecule has 1 N–H and O–H groups in total. The van der Waals surface area contributed by atoms with E-state index in [0.29, 0.717) is 5.92 Å². The summed E-state index contributed by atoms with van der Waals surface area (Å²) in [7, 11) is 2.01. The van der Waals surface area contributed by atoms with Gasteiger partial charge in [-0.15, -0.1) is 16.4 Å². The number of hydrogen-bond donors (Lipinski definition) is 1. The summed E-state index contributed by atoms with van der Waals surface area (Å²) in [5.41, 5.74) is 3.54. The van der Waals surface area contributed by atoms with Crippen LogP contribution in [0.3, 0.4) is 0 Å². The summed E-state index contributed by atoms with van der Waals surface area (Å²) in [5.74, 6) is 2.28. The van der Waals surface area contributed by atoms with Gasteiger partial charge >= 0.3 is 0 Å². The number of fused-ring (bicyclic) bond motifs is 1. The van der Waals surface area contributed by atoms with Gasteiger partial charge in [0.15, 0.2) is 16.6 Å².